The van der Waals surface area contributed by atoms with E-state index in [1.807, 2.05) is 30.3 Å². The van der Waals surface area contributed by atoms with Gasteiger partial charge in [-0.2, -0.15) is 5.26 Å². The molecule has 1 aromatic carbocycles. The van der Waals surface area contributed by atoms with E-state index in [0.717, 1.165) is 16.9 Å². The fourth-order valence-corrected chi connectivity index (χ4v) is 2.46. The summed E-state index contributed by atoms with van der Waals surface area (Å²) in [4.78, 5) is 14.4. The summed E-state index contributed by atoms with van der Waals surface area (Å²) >= 11 is 0.935. The Kier molecular flexibility index (Phi) is 3.08. The smallest absolute Gasteiger partial charge is 0.357 e. The molecule has 0 N–H and O–H groups in total. The zero-order chi connectivity index (χ0) is 13.2. The number of benzene rings is 1. The summed E-state index contributed by atoms with van der Waals surface area (Å²) in [5, 5.41) is 19.8. The first-order chi connectivity index (χ1) is 8.58. The highest BCUT2D eigenvalue weighted by molar-refractivity contribution is 7.15. The molecule has 1 heterocycles. The second kappa shape index (κ2) is 4.55. The van der Waals surface area contributed by atoms with Crippen LogP contribution in [0.5, 0.6) is 0 Å². The third-order valence-corrected chi connectivity index (χ3v) is 3.89. The molecule has 0 saturated carbocycles. The van der Waals surface area contributed by atoms with Crippen molar-refractivity contribution in [3.8, 4) is 6.07 Å². The van der Waals surface area contributed by atoms with Gasteiger partial charge in [0.05, 0.1) is 10.9 Å². The summed E-state index contributed by atoms with van der Waals surface area (Å²) in [5.74, 6) is 0. The first-order valence-electron chi connectivity index (χ1n) is 5.15. The predicted molar refractivity (Wildman–Crippen MR) is 67.3 cm³/mol. The molecule has 0 radical (unpaired) electrons. The fourth-order valence-electron chi connectivity index (χ4n) is 1.61. The van der Waals surface area contributed by atoms with Crippen LogP contribution in [0.25, 0.3) is 0 Å². The Labute approximate surface area is 107 Å². The fraction of sp³-hybridized carbons (Fsp3) is 0.167. The maximum atomic E-state index is 10.6. The lowest BCUT2D eigenvalue weighted by Gasteiger charge is -2.18. The molecule has 0 aliphatic heterocycles. The monoisotopic (exact) mass is 259 g/mol. The summed E-state index contributed by atoms with van der Waals surface area (Å²) in [6, 6.07) is 11.4. The second-order valence-electron chi connectivity index (χ2n) is 3.87. The van der Waals surface area contributed by atoms with E-state index in [0.29, 0.717) is 4.88 Å². The number of aromatic nitrogens is 1. The molecule has 2 aromatic rings. The van der Waals surface area contributed by atoms with E-state index in [2.05, 4.69) is 11.1 Å². The van der Waals surface area contributed by atoms with E-state index in [1.54, 1.807) is 6.92 Å². The molecule has 6 heteroatoms. The molecule has 0 amide bonds. The average molecular weight is 259 g/mol. The van der Waals surface area contributed by atoms with Crippen molar-refractivity contribution < 1.29 is 4.92 Å². The molecule has 0 bridgehead atoms. The van der Waals surface area contributed by atoms with Crippen LogP contribution in [0.4, 0.5) is 5.13 Å². The number of nitriles is 1. The number of hydrogen-bond donors (Lipinski definition) is 0. The maximum Gasteiger partial charge on any atom is 0.423 e. The Hall–Kier alpha value is -2.26. The summed E-state index contributed by atoms with van der Waals surface area (Å²) in [6.45, 7) is 1.74. The minimum Gasteiger partial charge on any atom is -0.357 e. The van der Waals surface area contributed by atoms with Gasteiger partial charge in [0.2, 0.25) is 0 Å². The first-order valence-corrected chi connectivity index (χ1v) is 5.97. The molecule has 18 heavy (non-hydrogen) atoms. The van der Waals surface area contributed by atoms with Gasteiger partial charge >= 0.3 is 5.13 Å². The molecule has 5 nitrogen and oxygen atoms in total. The molecule has 0 aliphatic carbocycles. The van der Waals surface area contributed by atoms with Crippen LogP contribution >= 0.6 is 11.3 Å². The predicted octanol–water partition coefficient (Wildman–Crippen LogP) is 2.88. The number of hydrogen-bond acceptors (Lipinski definition) is 5. The van der Waals surface area contributed by atoms with Crippen molar-refractivity contribution in [2.75, 3.05) is 0 Å². The number of thiazole rings is 1. The van der Waals surface area contributed by atoms with Gasteiger partial charge in [-0.3, -0.25) is 0 Å². The quantitative estimate of drug-likeness (QED) is 0.627. The Balaban J connectivity index is 2.51. The topological polar surface area (TPSA) is 79.8 Å². The van der Waals surface area contributed by atoms with Crippen molar-refractivity contribution in [3.63, 3.8) is 0 Å². The third-order valence-electron chi connectivity index (χ3n) is 2.72. The SMILES string of the molecule is CC(C#N)(c1ccccc1)c1cnc([N+](=O)[O-])s1. The van der Waals surface area contributed by atoms with Crippen LogP contribution in [0, 0.1) is 21.4 Å². The molecule has 1 aromatic heterocycles. The van der Waals surface area contributed by atoms with Crippen LogP contribution in [0.15, 0.2) is 36.5 Å². The minimum absolute atomic E-state index is 0.192. The number of rotatable bonds is 3. The summed E-state index contributed by atoms with van der Waals surface area (Å²) in [7, 11) is 0. The molecule has 1 unspecified atom stereocenters. The van der Waals surface area contributed by atoms with Crippen molar-refractivity contribution in [1.29, 1.82) is 5.26 Å². The molecule has 2 rings (SSSR count). The lowest BCUT2D eigenvalue weighted by Crippen LogP contribution is -2.19. The van der Waals surface area contributed by atoms with Crippen LogP contribution in [-0.2, 0) is 5.41 Å². The van der Waals surface area contributed by atoms with Crippen LogP contribution in [-0.4, -0.2) is 9.91 Å². The van der Waals surface area contributed by atoms with E-state index >= 15 is 0 Å². The van der Waals surface area contributed by atoms with Gasteiger partial charge in [0.1, 0.15) is 5.41 Å². The average Bonchev–Trinajstić information content (AvgIpc) is 2.89. The lowest BCUT2D eigenvalue weighted by atomic mass is 9.83. The maximum absolute atomic E-state index is 10.6. The van der Waals surface area contributed by atoms with Crippen molar-refractivity contribution in [3.05, 3.63) is 57.1 Å². The molecule has 0 spiro atoms. The minimum atomic E-state index is -0.910. The molecule has 0 saturated heterocycles. The molecule has 0 fully saturated rings. The van der Waals surface area contributed by atoms with Gasteiger partial charge in [-0.1, -0.05) is 30.3 Å². The van der Waals surface area contributed by atoms with Gasteiger partial charge in [-0.25, -0.2) is 0 Å². The summed E-state index contributed by atoms with van der Waals surface area (Å²) in [5.41, 5.74) is -0.112. The highest BCUT2D eigenvalue weighted by atomic mass is 32.1. The largest absolute Gasteiger partial charge is 0.423 e. The van der Waals surface area contributed by atoms with Crippen molar-refractivity contribution in [2.24, 2.45) is 0 Å². The Morgan fingerprint density at radius 3 is 2.61 bits per heavy atom. The van der Waals surface area contributed by atoms with E-state index < -0.39 is 10.3 Å². The van der Waals surface area contributed by atoms with Gasteiger partial charge in [0.15, 0.2) is 6.20 Å². The van der Waals surface area contributed by atoms with Gasteiger partial charge < -0.3 is 10.1 Å². The highest BCUT2D eigenvalue weighted by Crippen LogP contribution is 2.36. The first kappa shape index (κ1) is 12.2. The Morgan fingerprint density at radius 1 is 1.44 bits per heavy atom. The normalized spacial score (nSPS) is 13.6. The van der Waals surface area contributed by atoms with Crippen LogP contribution < -0.4 is 0 Å². The zero-order valence-electron chi connectivity index (χ0n) is 9.53. The van der Waals surface area contributed by atoms with E-state index in [1.165, 1.54) is 6.20 Å². The second-order valence-corrected chi connectivity index (χ2v) is 4.88. The third kappa shape index (κ3) is 1.96. The van der Waals surface area contributed by atoms with E-state index in [9.17, 15) is 15.4 Å². The van der Waals surface area contributed by atoms with Crippen LogP contribution in [0.2, 0.25) is 0 Å². The zero-order valence-corrected chi connectivity index (χ0v) is 10.3. The molecule has 90 valence electrons. The summed E-state index contributed by atoms with van der Waals surface area (Å²) in [6.07, 6.45) is 1.40. The number of nitro groups is 1. The molecule has 0 aliphatic rings. The van der Waals surface area contributed by atoms with E-state index in [-0.39, 0.29) is 5.13 Å². The lowest BCUT2D eigenvalue weighted by molar-refractivity contribution is -0.384. The standard InChI is InChI=1S/C12H9N3O2S/c1-12(8-13,9-5-3-2-4-6-9)10-7-14-11(18-10)15(16)17/h2-7H,1H3. The summed E-state index contributed by atoms with van der Waals surface area (Å²) < 4.78 is 0. The van der Waals surface area contributed by atoms with Crippen molar-refractivity contribution in [1.82, 2.24) is 4.98 Å². The Bertz CT molecular complexity index is 618. The van der Waals surface area contributed by atoms with Crippen LogP contribution in [0.1, 0.15) is 17.4 Å². The molecular formula is C12H9N3O2S. The number of nitrogens with zero attached hydrogens (tertiary/aromatic N) is 3. The van der Waals surface area contributed by atoms with Gasteiger partial charge in [-0.15, -0.1) is 0 Å². The van der Waals surface area contributed by atoms with E-state index in [4.69, 9.17) is 0 Å². The van der Waals surface area contributed by atoms with Crippen molar-refractivity contribution in [2.45, 2.75) is 12.3 Å². The molecular weight excluding hydrogens is 250 g/mol. The van der Waals surface area contributed by atoms with Gasteiger partial charge in [-0.05, 0) is 33.7 Å². The van der Waals surface area contributed by atoms with Crippen LogP contribution in [0.3, 0.4) is 0 Å². The van der Waals surface area contributed by atoms with Gasteiger partial charge in [0.25, 0.3) is 0 Å². The molecule has 1 atom stereocenters. The Morgan fingerprint density at radius 2 is 2.11 bits per heavy atom. The highest BCUT2D eigenvalue weighted by Gasteiger charge is 2.33. The van der Waals surface area contributed by atoms with Gasteiger partial charge in [0, 0.05) is 0 Å². The van der Waals surface area contributed by atoms with Crippen molar-refractivity contribution >= 4 is 16.5 Å².